The summed E-state index contributed by atoms with van der Waals surface area (Å²) in [5.41, 5.74) is 9.16. The van der Waals surface area contributed by atoms with Gasteiger partial charge in [0, 0.05) is 11.3 Å². The lowest BCUT2D eigenvalue weighted by Gasteiger charge is -2.27. The summed E-state index contributed by atoms with van der Waals surface area (Å²) >= 11 is 0. The second-order valence-corrected chi connectivity index (χ2v) is 6.38. The Labute approximate surface area is 119 Å². The molecule has 0 saturated heterocycles. The lowest BCUT2D eigenvalue weighted by Crippen LogP contribution is -2.23. The zero-order valence-electron chi connectivity index (χ0n) is 12.3. The molecule has 106 valence electrons. The molecule has 1 aliphatic rings. The van der Waals surface area contributed by atoms with Crippen molar-refractivity contribution in [3.8, 4) is 11.4 Å². The standard InChI is InChI=1S/C15H21N5/c1-10-6-4-7-11(16)13(10)14-17-18-19-20(14)12-8-5-9-15(12,2)3/h4,6-7,12H,5,8-9,16H2,1-3H3. The van der Waals surface area contributed by atoms with Gasteiger partial charge in [-0.25, -0.2) is 4.68 Å². The van der Waals surface area contributed by atoms with Gasteiger partial charge >= 0.3 is 0 Å². The van der Waals surface area contributed by atoms with Gasteiger partial charge in [-0.1, -0.05) is 32.4 Å². The van der Waals surface area contributed by atoms with E-state index in [2.05, 4.69) is 29.4 Å². The molecule has 3 rings (SSSR count). The van der Waals surface area contributed by atoms with Crippen LogP contribution in [0.2, 0.25) is 0 Å². The van der Waals surface area contributed by atoms with Crippen LogP contribution in [0.25, 0.3) is 11.4 Å². The highest BCUT2D eigenvalue weighted by molar-refractivity contribution is 5.74. The molecule has 1 fully saturated rings. The first kappa shape index (κ1) is 13.1. The number of hydrogen-bond donors (Lipinski definition) is 1. The summed E-state index contributed by atoms with van der Waals surface area (Å²) in [5, 5.41) is 12.4. The molecule has 0 aliphatic heterocycles. The third kappa shape index (κ3) is 1.97. The van der Waals surface area contributed by atoms with Crippen molar-refractivity contribution in [1.82, 2.24) is 20.2 Å². The van der Waals surface area contributed by atoms with Crippen LogP contribution in [0.5, 0.6) is 0 Å². The highest BCUT2D eigenvalue weighted by atomic mass is 15.6. The molecule has 2 aromatic rings. The lowest BCUT2D eigenvalue weighted by molar-refractivity contribution is 0.242. The Morgan fingerprint density at radius 1 is 1.35 bits per heavy atom. The van der Waals surface area contributed by atoms with Gasteiger partial charge < -0.3 is 5.73 Å². The van der Waals surface area contributed by atoms with E-state index in [-0.39, 0.29) is 5.41 Å². The number of aryl methyl sites for hydroxylation is 1. The van der Waals surface area contributed by atoms with Crippen molar-refractivity contribution in [3.63, 3.8) is 0 Å². The van der Waals surface area contributed by atoms with Crippen LogP contribution < -0.4 is 5.73 Å². The van der Waals surface area contributed by atoms with Gasteiger partial charge in [0.15, 0.2) is 5.82 Å². The van der Waals surface area contributed by atoms with Crippen LogP contribution in [0, 0.1) is 12.3 Å². The number of aromatic nitrogens is 4. The van der Waals surface area contributed by atoms with Crippen LogP contribution in [0.15, 0.2) is 18.2 Å². The molecule has 5 heteroatoms. The number of nitrogens with two attached hydrogens (primary N) is 1. The summed E-state index contributed by atoms with van der Waals surface area (Å²) in [7, 11) is 0. The summed E-state index contributed by atoms with van der Waals surface area (Å²) in [6.07, 6.45) is 3.55. The third-order valence-electron chi connectivity index (χ3n) is 4.52. The molecule has 0 radical (unpaired) electrons. The number of hydrogen-bond acceptors (Lipinski definition) is 4. The predicted octanol–water partition coefficient (Wildman–Crippen LogP) is 2.98. The second kappa shape index (κ2) is 4.58. The molecule has 1 heterocycles. The van der Waals surface area contributed by atoms with Gasteiger partial charge in [-0.3, -0.25) is 0 Å². The average molecular weight is 271 g/mol. The minimum atomic E-state index is 0.224. The first-order valence-electron chi connectivity index (χ1n) is 7.14. The molecule has 0 amide bonds. The SMILES string of the molecule is Cc1cccc(N)c1-c1nnnn1C1CCCC1(C)C. The van der Waals surface area contributed by atoms with Gasteiger partial charge in [0.1, 0.15) is 0 Å². The maximum Gasteiger partial charge on any atom is 0.184 e. The maximum atomic E-state index is 6.14. The normalized spacial score (nSPS) is 21.2. The van der Waals surface area contributed by atoms with Crippen LogP contribution in [0.3, 0.4) is 0 Å². The number of benzene rings is 1. The molecule has 20 heavy (non-hydrogen) atoms. The molecule has 5 nitrogen and oxygen atoms in total. The molecular formula is C15H21N5. The fourth-order valence-electron chi connectivity index (χ4n) is 3.33. The van der Waals surface area contributed by atoms with Gasteiger partial charge in [-0.15, -0.1) is 5.10 Å². The van der Waals surface area contributed by atoms with Gasteiger partial charge in [0.05, 0.1) is 6.04 Å². The summed E-state index contributed by atoms with van der Waals surface area (Å²) < 4.78 is 1.98. The van der Waals surface area contributed by atoms with Crippen molar-refractivity contribution in [2.24, 2.45) is 5.41 Å². The zero-order valence-corrected chi connectivity index (χ0v) is 12.3. The Kier molecular flexibility index (Phi) is 3.00. The van der Waals surface area contributed by atoms with Crippen molar-refractivity contribution in [2.75, 3.05) is 5.73 Å². The Morgan fingerprint density at radius 3 is 2.80 bits per heavy atom. The minimum Gasteiger partial charge on any atom is -0.398 e. The van der Waals surface area contributed by atoms with Crippen LogP contribution in [0.1, 0.15) is 44.7 Å². The predicted molar refractivity (Wildman–Crippen MR) is 79.1 cm³/mol. The largest absolute Gasteiger partial charge is 0.398 e. The summed E-state index contributed by atoms with van der Waals surface area (Å²) in [5.74, 6) is 0.792. The fourth-order valence-corrected chi connectivity index (χ4v) is 3.33. The van der Waals surface area contributed by atoms with Crippen molar-refractivity contribution in [2.45, 2.75) is 46.1 Å². The first-order chi connectivity index (χ1) is 9.50. The van der Waals surface area contributed by atoms with Gasteiger partial charge in [0.2, 0.25) is 0 Å². The van der Waals surface area contributed by atoms with Crippen LogP contribution in [-0.4, -0.2) is 20.2 Å². The molecule has 1 saturated carbocycles. The quantitative estimate of drug-likeness (QED) is 0.852. The highest BCUT2D eigenvalue weighted by Gasteiger charge is 2.38. The number of rotatable bonds is 2. The first-order valence-corrected chi connectivity index (χ1v) is 7.14. The third-order valence-corrected chi connectivity index (χ3v) is 4.52. The van der Waals surface area contributed by atoms with E-state index in [1.165, 1.54) is 12.8 Å². The summed E-state index contributed by atoms with van der Waals surface area (Å²) in [4.78, 5) is 0. The van der Waals surface area contributed by atoms with E-state index < -0.39 is 0 Å². The Balaban J connectivity index is 2.12. The molecule has 0 spiro atoms. The van der Waals surface area contributed by atoms with E-state index in [9.17, 15) is 0 Å². The average Bonchev–Trinajstić information content (AvgIpc) is 2.95. The Hall–Kier alpha value is -1.91. The van der Waals surface area contributed by atoms with Crippen LogP contribution >= 0.6 is 0 Å². The molecular weight excluding hydrogens is 250 g/mol. The van der Waals surface area contributed by atoms with Crippen molar-refractivity contribution >= 4 is 5.69 Å². The van der Waals surface area contributed by atoms with Gasteiger partial charge in [0.25, 0.3) is 0 Å². The van der Waals surface area contributed by atoms with E-state index in [0.717, 1.165) is 29.1 Å². The molecule has 2 N–H and O–H groups in total. The maximum absolute atomic E-state index is 6.14. The van der Waals surface area contributed by atoms with Crippen molar-refractivity contribution in [1.29, 1.82) is 0 Å². The van der Waals surface area contributed by atoms with E-state index >= 15 is 0 Å². The minimum absolute atomic E-state index is 0.224. The fraction of sp³-hybridized carbons (Fsp3) is 0.533. The molecule has 1 aromatic heterocycles. The van der Waals surface area contributed by atoms with Crippen molar-refractivity contribution in [3.05, 3.63) is 23.8 Å². The Morgan fingerprint density at radius 2 is 2.15 bits per heavy atom. The summed E-state index contributed by atoms with van der Waals surface area (Å²) in [6, 6.07) is 6.25. The van der Waals surface area contributed by atoms with Crippen LogP contribution in [0.4, 0.5) is 5.69 Å². The highest BCUT2D eigenvalue weighted by Crippen LogP contribution is 2.46. The summed E-state index contributed by atoms with van der Waals surface area (Å²) in [6.45, 7) is 6.62. The van der Waals surface area contributed by atoms with Crippen molar-refractivity contribution < 1.29 is 0 Å². The number of tetrazole rings is 1. The van der Waals surface area contributed by atoms with Gasteiger partial charge in [-0.2, -0.15) is 0 Å². The lowest BCUT2D eigenvalue weighted by atomic mass is 9.87. The number of nitrogens with zero attached hydrogens (tertiary/aromatic N) is 4. The van der Waals surface area contributed by atoms with Gasteiger partial charge in [-0.05, 0) is 47.2 Å². The zero-order chi connectivity index (χ0) is 14.3. The molecule has 1 unspecified atom stereocenters. The smallest absolute Gasteiger partial charge is 0.184 e. The van der Waals surface area contributed by atoms with E-state index in [1.54, 1.807) is 0 Å². The molecule has 1 atom stereocenters. The number of nitrogen functional groups attached to an aromatic ring is 1. The Bertz CT molecular complexity index is 609. The van der Waals surface area contributed by atoms with E-state index in [0.29, 0.717) is 6.04 Å². The molecule has 1 aliphatic carbocycles. The van der Waals surface area contributed by atoms with Crippen LogP contribution in [-0.2, 0) is 0 Å². The molecule has 0 bridgehead atoms. The van der Waals surface area contributed by atoms with E-state index in [4.69, 9.17) is 5.73 Å². The number of anilines is 1. The topological polar surface area (TPSA) is 69.6 Å². The molecule has 1 aromatic carbocycles. The monoisotopic (exact) mass is 271 g/mol. The second-order valence-electron chi connectivity index (χ2n) is 6.38. The van der Waals surface area contributed by atoms with E-state index in [1.807, 2.05) is 29.8 Å².